The average Bonchev–Trinajstić information content (AvgIpc) is 2.95. The van der Waals surface area contributed by atoms with E-state index in [2.05, 4.69) is 10.3 Å². The average molecular weight is 360 g/mol. The fourth-order valence-corrected chi connectivity index (χ4v) is 3.17. The lowest BCUT2D eigenvalue weighted by Gasteiger charge is -2.36. The van der Waals surface area contributed by atoms with Gasteiger partial charge in [0.25, 0.3) is 5.91 Å². The van der Waals surface area contributed by atoms with Crippen LogP contribution < -0.4 is 14.8 Å². The highest BCUT2D eigenvalue weighted by Gasteiger charge is 2.46. The van der Waals surface area contributed by atoms with Crippen molar-refractivity contribution in [2.24, 2.45) is 4.99 Å². The van der Waals surface area contributed by atoms with Crippen LogP contribution in [0.3, 0.4) is 0 Å². The van der Waals surface area contributed by atoms with Crippen molar-refractivity contribution < 1.29 is 19.1 Å². The summed E-state index contributed by atoms with van der Waals surface area (Å²) in [6.45, 7) is 1.22. The van der Waals surface area contributed by atoms with Gasteiger partial charge in [-0.05, 0) is 37.1 Å². The molecule has 2 heterocycles. The zero-order valence-electron chi connectivity index (χ0n) is 15.3. The second kappa shape index (κ2) is 7.23. The highest BCUT2D eigenvalue weighted by molar-refractivity contribution is 6.09. The number of piperidine rings is 1. The van der Waals surface area contributed by atoms with Crippen LogP contribution in [0.1, 0.15) is 12.8 Å². The molecule has 0 radical (unpaired) electrons. The number of nitrogens with zero attached hydrogens (tertiary/aromatic N) is 3. The van der Waals surface area contributed by atoms with Crippen molar-refractivity contribution in [3.05, 3.63) is 24.3 Å². The Kier molecular flexibility index (Phi) is 5.01. The normalized spacial score (nSPS) is 18.3. The Bertz CT molecular complexity index is 706. The number of carbonyl (C=O) groups excluding carboxylic acids is 2. The van der Waals surface area contributed by atoms with Crippen molar-refractivity contribution in [3.8, 4) is 11.5 Å². The molecule has 3 rings (SSSR count). The minimum atomic E-state index is -0.776. The molecule has 2 aliphatic rings. The predicted molar refractivity (Wildman–Crippen MR) is 96.7 cm³/mol. The lowest BCUT2D eigenvalue weighted by atomic mass is 9.88. The summed E-state index contributed by atoms with van der Waals surface area (Å²) in [5, 5.41) is 2.82. The van der Waals surface area contributed by atoms with Gasteiger partial charge in [-0.15, -0.1) is 0 Å². The quantitative estimate of drug-likeness (QED) is 0.872. The monoisotopic (exact) mass is 360 g/mol. The van der Waals surface area contributed by atoms with Crippen LogP contribution in [-0.4, -0.2) is 74.0 Å². The molecule has 0 aromatic heterocycles. The Morgan fingerprint density at radius 2 is 1.85 bits per heavy atom. The Morgan fingerprint density at radius 3 is 2.42 bits per heavy atom. The maximum absolute atomic E-state index is 12.5. The third kappa shape index (κ3) is 3.58. The van der Waals surface area contributed by atoms with Crippen molar-refractivity contribution in [2.75, 3.05) is 40.9 Å². The number of hydrogen-bond donors (Lipinski definition) is 1. The summed E-state index contributed by atoms with van der Waals surface area (Å²) >= 11 is 0. The Labute approximate surface area is 152 Å². The molecule has 8 nitrogen and oxygen atoms in total. The van der Waals surface area contributed by atoms with Crippen LogP contribution in [0.15, 0.2) is 29.3 Å². The molecule has 1 saturated heterocycles. The number of methoxy groups -OCH3 is 1. The van der Waals surface area contributed by atoms with E-state index in [0.717, 1.165) is 5.75 Å². The van der Waals surface area contributed by atoms with Gasteiger partial charge in [-0.2, -0.15) is 0 Å². The van der Waals surface area contributed by atoms with Gasteiger partial charge in [0.2, 0.25) is 0 Å². The number of carbonyl (C=O) groups is 2. The van der Waals surface area contributed by atoms with Crippen molar-refractivity contribution in [1.82, 2.24) is 15.1 Å². The van der Waals surface area contributed by atoms with Crippen LogP contribution in [-0.2, 0) is 4.79 Å². The molecular weight excluding hydrogens is 336 g/mol. The number of nitrogens with one attached hydrogen (secondary N) is 1. The molecule has 1 aromatic rings. The van der Waals surface area contributed by atoms with Gasteiger partial charge in [0.15, 0.2) is 0 Å². The summed E-state index contributed by atoms with van der Waals surface area (Å²) in [6.07, 6.45) is 1.04. The molecule has 0 bridgehead atoms. The van der Waals surface area contributed by atoms with Gasteiger partial charge in [0.1, 0.15) is 29.5 Å². The van der Waals surface area contributed by atoms with E-state index < -0.39 is 5.54 Å². The first-order valence-corrected chi connectivity index (χ1v) is 8.57. The molecule has 3 amide bonds. The predicted octanol–water partition coefficient (Wildman–Crippen LogP) is 1.12. The minimum absolute atomic E-state index is 0.0368. The van der Waals surface area contributed by atoms with Gasteiger partial charge < -0.3 is 24.6 Å². The van der Waals surface area contributed by atoms with E-state index >= 15 is 0 Å². The molecule has 1 spiro atoms. The number of ether oxygens (including phenoxy) is 2. The molecule has 0 aliphatic carbocycles. The van der Waals surface area contributed by atoms with Crippen LogP contribution >= 0.6 is 0 Å². The standard InChI is InChI=1S/C18H24N4O4/c1-21(2)17(24)22-10-8-18(9-11-22)16(23)19-15(20-18)12-26-14-6-4-13(25-3)5-7-14/h4-7H,8-12H2,1-3H3,(H,19,20,23). The molecule has 26 heavy (non-hydrogen) atoms. The second-order valence-corrected chi connectivity index (χ2v) is 6.67. The van der Waals surface area contributed by atoms with Crippen LogP contribution in [0, 0.1) is 0 Å². The van der Waals surface area contributed by atoms with Crippen LogP contribution in [0.2, 0.25) is 0 Å². The molecular formula is C18H24N4O4. The first-order chi connectivity index (χ1) is 12.4. The Balaban J connectivity index is 1.59. The smallest absolute Gasteiger partial charge is 0.319 e. The molecule has 1 fully saturated rings. The number of urea groups is 1. The summed E-state index contributed by atoms with van der Waals surface area (Å²) in [6, 6.07) is 7.19. The van der Waals surface area contributed by atoms with Crippen LogP contribution in [0.25, 0.3) is 0 Å². The fraction of sp³-hybridized carbons (Fsp3) is 0.500. The largest absolute Gasteiger partial charge is 0.497 e. The number of rotatable bonds is 4. The summed E-state index contributed by atoms with van der Waals surface area (Å²) in [5.74, 6) is 1.85. The highest BCUT2D eigenvalue weighted by Crippen LogP contribution is 2.30. The summed E-state index contributed by atoms with van der Waals surface area (Å²) in [4.78, 5) is 32.4. The van der Waals surface area contributed by atoms with Crippen LogP contribution in [0.4, 0.5) is 4.79 Å². The minimum Gasteiger partial charge on any atom is -0.497 e. The number of amidine groups is 1. The van der Waals surface area contributed by atoms with E-state index in [-0.39, 0.29) is 18.5 Å². The zero-order chi connectivity index (χ0) is 18.7. The number of benzene rings is 1. The Morgan fingerprint density at radius 1 is 1.23 bits per heavy atom. The highest BCUT2D eigenvalue weighted by atomic mass is 16.5. The van der Waals surface area contributed by atoms with E-state index in [1.54, 1.807) is 43.1 Å². The molecule has 8 heteroatoms. The Hall–Kier alpha value is -2.77. The van der Waals surface area contributed by atoms with Crippen molar-refractivity contribution >= 4 is 17.8 Å². The molecule has 140 valence electrons. The maximum Gasteiger partial charge on any atom is 0.319 e. The molecule has 1 aromatic carbocycles. The van der Waals surface area contributed by atoms with Gasteiger partial charge in [-0.1, -0.05) is 0 Å². The number of amides is 3. The van der Waals surface area contributed by atoms with Crippen molar-refractivity contribution in [3.63, 3.8) is 0 Å². The van der Waals surface area contributed by atoms with Crippen molar-refractivity contribution in [2.45, 2.75) is 18.4 Å². The lowest BCUT2D eigenvalue weighted by molar-refractivity contribution is -0.125. The fourth-order valence-electron chi connectivity index (χ4n) is 3.17. The van der Waals surface area contributed by atoms with E-state index in [9.17, 15) is 9.59 Å². The molecule has 0 atom stereocenters. The molecule has 0 unspecified atom stereocenters. The maximum atomic E-state index is 12.5. The summed E-state index contributed by atoms with van der Waals surface area (Å²) in [5.41, 5.74) is -0.776. The van der Waals surface area contributed by atoms with Gasteiger partial charge in [-0.3, -0.25) is 9.79 Å². The second-order valence-electron chi connectivity index (χ2n) is 6.67. The number of likely N-dealkylation sites (tertiary alicyclic amines) is 1. The van der Waals surface area contributed by atoms with E-state index in [1.165, 1.54) is 0 Å². The van der Waals surface area contributed by atoms with Gasteiger partial charge in [-0.25, -0.2) is 4.79 Å². The van der Waals surface area contributed by atoms with Gasteiger partial charge >= 0.3 is 6.03 Å². The first kappa shape index (κ1) is 18.0. The zero-order valence-corrected chi connectivity index (χ0v) is 15.3. The van der Waals surface area contributed by atoms with E-state index in [4.69, 9.17) is 9.47 Å². The SMILES string of the molecule is COc1ccc(OCC2=NC3(CCN(C(=O)N(C)C)CC3)C(=O)N2)cc1. The van der Waals surface area contributed by atoms with Crippen molar-refractivity contribution in [1.29, 1.82) is 0 Å². The van der Waals surface area contributed by atoms with E-state index in [1.807, 2.05) is 12.1 Å². The van der Waals surface area contributed by atoms with Gasteiger partial charge in [0.05, 0.1) is 7.11 Å². The van der Waals surface area contributed by atoms with E-state index in [0.29, 0.717) is 37.5 Å². The molecule has 0 saturated carbocycles. The number of aliphatic imine (C=N–C) groups is 1. The number of hydrogen-bond acceptors (Lipinski definition) is 5. The topological polar surface area (TPSA) is 83.5 Å². The summed E-state index contributed by atoms with van der Waals surface area (Å²) in [7, 11) is 5.05. The van der Waals surface area contributed by atoms with Crippen LogP contribution in [0.5, 0.6) is 11.5 Å². The molecule has 2 aliphatic heterocycles. The molecule has 1 N–H and O–H groups in total. The summed E-state index contributed by atoms with van der Waals surface area (Å²) < 4.78 is 10.8. The third-order valence-electron chi connectivity index (χ3n) is 4.71. The van der Waals surface area contributed by atoms with Gasteiger partial charge in [0, 0.05) is 27.2 Å². The third-order valence-corrected chi connectivity index (χ3v) is 4.71. The lowest BCUT2D eigenvalue weighted by Crippen LogP contribution is -2.52. The first-order valence-electron chi connectivity index (χ1n) is 8.57.